The quantitative estimate of drug-likeness (QED) is 0.753. The zero-order chi connectivity index (χ0) is 12.2. The highest BCUT2D eigenvalue weighted by Crippen LogP contribution is 1.98. The van der Waals surface area contributed by atoms with Crippen molar-refractivity contribution in [2.75, 3.05) is 5.75 Å². The van der Waals surface area contributed by atoms with Crippen LogP contribution in [0.5, 0.6) is 0 Å². The van der Waals surface area contributed by atoms with Crippen LogP contribution in [0.2, 0.25) is 0 Å². The third kappa shape index (κ3) is 4.37. The molecule has 88 valence electrons. The summed E-state index contributed by atoms with van der Waals surface area (Å²) in [6, 6.07) is 5.20. The molecule has 0 saturated heterocycles. The number of sulfonamides is 1. The second-order valence-corrected chi connectivity index (χ2v) is 5.05. The Kier molecular flexibility index (Phi) is 3.97. The monoisotopic (exact) mass is 244 g/mol. The van der Waals surface area contributed by atoms with E-state index in [9.17, 15) is 13.2 Å². The van der Waals surface area contributed by atoms with E-state index in [4.69, 9.17) is 5.11 Å². The maximum absolute atomic E-state index is 11.2. The van der Waals surface area contributed by atoms with Crippen molar-refractivity contribution in [3.63, 3.8) is 0 Å². The lowest BCUT2D eigenvalue weighted by atomic mass is 10.3. The zero-order valence-corrected chi connectivity index (χ0v) is 9.49. The van der Waals surface area contributed by atoms with E-state index in [-0.39, 0.29) is 6.54 Å². The number of carbonyl (C=O) groups is 1. The molecule has 2 N–H and O–H groups in total. The number of pyridine rings is 1. The van der Waals surface area contributed by atoms with Crippen molar-refractivity contribution in [1.29, 1.82) is 0 Å². The maximum Gasteiger partial charge on any atom is 0.320 e. The van der Waals surface area contributed by atoms with Crippen molar-refractivity contribution in [2.45, 2.75) is 13.5 Å². The lowest BCUT2D eigenvalue weighted by Crippen LogP contribution is -2.29. The van der Waals surface area contributed by atoms with Crippen LogP contribution >= 0.6 is 0 Å². The molecule has 0 fully saturated rings. The number of nitrogens with zero attached hydrogens (tertiary/aromatic N) is 1. The molecule has 0 radical (unpaired) electrons. The minimum absolute atomic E-state index is 0.00269. The van der Waals surface area contributed by atoms with Gasteiger partial charge in [-0.25, -0.2) is 13.1 Å². The van der Waals surface area contributed by atoms with E-state index < -0.39 is 21.7 Å². The molecule has 0 aliphatic carbocycles. The van der Waals surface area contributed by atoms with Gasteiger partial charge in [-0.15, -0.1) is 0 Å². The number of nitrogens with one attached hydrogen (secondary N) is 1. The van der Waals surface area contributed by atoms with E-state index in [1.807, 2.05) is 0 Å². The van der Waals surface area contributed by atoms with Crippen LogP contribution in [0.25, 0.3) is 0 Å². The molecule has 0 bridgehead atoms. The molecule has 0 amide bonds. The minimum Gasteiger partial charge on any atom is -0.480 e. The van der Waals surface area contributed by atoms with Crippen molar-refractivity contribution < 1.29 is 18.3 Å². The van der Waals surface area contributed by atoms with Gasteiger partial charge in [-0.05, 0) is 19.1 Å². The van der Waals surface area contributed by atoms with Crippen LogP contribution in [-0.4, -0.2) is 30.2 Å². The van der Waals surface area contributed by atoms with Gasteiger partial charge in [0.05, 0.1) is 12.2 Å². The Morgan fingerprint density at radius 2 is 2.19 bits per heavy atom. The maximum atomic E-state index is 11.2. The second-order valence-electron chi connectivity index (χ2n) is 3.24. The predicted molar refractivity (Wildman–Crippen MR) is 57.2 cm³/mol. The number of hydrogen-bond acceptors (Lipinski definition) is 4. The molecule has 1 aromatic rings. The fourth-order valence-electron chi connectivity index (χ4n) is 1.10. The highest BCUT2D eigenvalue weighted by Gasteiger charge is 2.14. The number of aromatic nitrogens is 1. The minimum atomic E-state index is -3.78. The van der Waals surface area contributed by atoms with E-state index in [0.717, 1.165) is 5.69 Å². The van der Waals surface area contributed by atoms with Crippen LogP contribution in [0.4, 0.5) is 0 Å². The van der Waals surface area contributed by atoms with Gasteiger partial charge in [0, 0.05) is 5.69 Å². The first kappa shape index (κ1) is 12.6. The predicted octanol–water partition coefficient (Wildman–Crippen LogP) is -0.106. The highest BCUT2D eigenvalue weighted by molar-refractivity contribution is 7.90. The molecule has 0 atom stereocenters. The number of carboxylic acids is 1. The molecule has 16 heavy (non-hydrogen) atoms. The molecule has 7 heteroatoms. The number of hydrogen-bond donors (Lipinski definition) is 2. The summed E-state index contributed by atoms with van der Waals surface area (Å²) in [5.74, 6) is -2.32. The van der Waals surface area contributed by atoms with Gasteiger partial charge in [0.1, 0.15) is 0 Å². The van der Waals surface area contributed by atoms with Gasteiger partial charge in [0.15, 0.2) is 5.75 Å². The first-order valence-electron chi connectivity index (χ1n) is 4.51. The van der Waals surface area contributed by atoms with E-state index in [1.54, 1.807) is 25.1 Å². The van der Waals surface area contributed by atoms with Crippen molar-refractivity contribution in [3.8, 4) is 0 Å². The molecule has 1 heterocycles. The Hall–Kier alpha value is -1.47. The van der Waals surface area contributed by atoms with Crippen molar-refractivity contribution in [3.05, 3.63) is 29.6 Å². The lowest BCUT2D eigenvalue weighted by molar-refractivity contribution is -0.134. The van der Waals surface area contributed by atoms with Gasteiger partial charge in [-0.3, -0.25) is 9.78 Å². The number of aryl methyl sites for hydroxylation is 1. The molecule has 0 aromatic carbocycles. The molecule has 1 rings (SSSR count). The molecule has 6 nitrogen and oxygen atoms in total. The number of carboxylic acid groups (broad SMARTS) is 1. The molecule has 0 aliphatic heterocycles. The number of rotatable bonds is 5. The van der Waals surface area contributed by atoms with Gasteiger partial charge in [0.25, 0.3) is 0 Å². The summed E-state index contributed by atoms with van der Waals surface area (Å²) in [5.41, 5.74) is 1.32. The number of aliphatic carboxylic acids is 1. The first-order chi connectivity index (χ1) is 7.39. The van der Waals surface area contributed by atoms with Crippen LogP contribution in [0, 0.1) is 6.92 Å². The Bertz CT molecular complexity index is 484. The normalized spacial score (nSPS) is 11.3. The van der Waals surface area contributed by atoms with Crippen LogP contribution in [0.3, 0.4) is 0 Å². The third-order valence-corrected chi connectivity index (χ3v) is 2.94. The molecule has 0 saturated carbocycles. The Labute approximate surface area is 93.4 Å². The summed E-state index contributed by atoms with van der Waals surface area (Å²) in [6.45, 7) is 1.78. The fourth-order valence-corrected chi connectivity index (χ4v) is 1.89. The van der Waals surface area contributed by atoms with Gasteiger partial charge in [-0.1, -0.05) is 6.07 Å². The molecular formula is C9H12N2O4S. The largest absolute Gasteiger partial charge is 0.480 e. The molecule has 1 aromatic heterocycles. The lowest BCUT2D eigenvalue weighted by Gasteiger charge is -2.04. The highest BCUT2D eigenvalue weighted by atomic mass is 32.2. The van der Waals surface area contributed by atoms with Crippen LogP contribution in [-0.2, 0) is 21.4 Å². The Morgan fingerprint density at radius 3 is 2.75 bits per heavy atom. The summed E-state index contributed by atoms with van der Waals surface area (Å²) >= 11 is 0. The van der Waals surface area contributed by atoms with E-state index in [1.165, 1.54) is 0 Å². The smallest absolute Gasteiger partial charge is 0.320 e. The molecule has 0 spiro atoms. The van der Waals surface area contributed by atoms with Gasteiger partial charge >= 0.3 is 5.97 Å². The van der Waals surface area contributed by atoms with Gasteiger partial charge in [-0.2, -0.15) is 0 Å². The van der Waals surface area contributed by atoms with E-state index >= 15 is 0 Å². The first-order valence-corrected chi connectivity index (χ1v) is 6.16. The topological polar surface area (TPSA) is 96.4 Å². The van der Waals surface area contributed by atoms with Crippen LogP contribution in [0.15, 0.2) is 18.2 Å². The Morgan fingerprint density at radius 1 is 1.50 bits per heavy atom. The van der Waals surface area contributed by atoms with Gasteiger partial charge in [0.2, 0.25) is 10.0 Å². The average molecular weight is 244 g/mol. The average Bonchev–Trinajstić information content (AvgIpc) is 2.13. The third-order valence-electron chi connectivity index (χ3n) is 1.73. The summed E-state index contributed by atoms with van der Waals surface area (Å²) in [4.78, 5) is 14.3. The standard InChI is InChI=1S/C9H12N2O4S/c1-7-3-2-4-8(11-7)5-10-16(14,15)6-9(12)13/h2-4,10H,5-6H2,1H3,(H,12,13). The Balaban J connectivity index is 2.61. The van der Waals surface area contributed by atoms with E-state index in [0.29, 0.717) is 5.69 Å². The summed E-state index contributed by atoms with van der Waals surface area (Å²) < 4.78 is 24.5. The second kappa shape index (κ2) is 5.04. The molecule has 0 aliphatic rings. The van der Waals surface area contributed by atoms with Crippen LogP contribution in [0.1, 0.15) is 11.4 Å². The summed E-state index contributed by atoms with van der Waals surface area (Å²) in [7, 11) is -3.78. The van der Waals surface area contributed by atoms with Crippen molar-refractivity contribution in [1.82, 2.24) is 9.71 Å². The molecule has 0 unspecified atom stereocenters. The fraction of sp³-hybridized carbons (Fsp3) is 0.333. The zero-order valence-electron chi connectivity index (χ0n) is 8.67. The summed E-state index contributed by atoms with van der Waals surface area (Å²) in [6.07, 6.45) is 0. The molecular weight excluding hydrogens is 232 g/mol. The van der Waals surface area contributed by atoms with Crippen molar-refractivity contribution >= 4 is 16.0 Å². The van der Waals surface area contributed by atoms with Crippen LogP contribution < -0.4 is 4.72 Å². The van der Waals surface area contributed by atoms with Gasteiger partial charge < -0.3 is 5.11 Å². The summed E-state index contributed by atoms with van der Waals surface area (Å²) in [5, 5.41) is 8.36. The van der Waals surface area contributed by atoms with Crippen molar-refractivity contribution in [2.24, 2.45) is 0 Å². The van der Waals surface area contributed by atoms with E-state index in [2.05, 4.69) is 9.71 Å². The SMILES string of the molecule is Cc1cccc(CNS(=O)(=O)CC(=O)O)n1.